The maximum absolute atomic E-state index is 14.1. The molecule has 1 fully saturated rings. The van der Waals surface area contributed by atoms with Gasteiger partial charge < -0.3 is 15.0 Å². The van der Waals surface area contributed by atoms with Crippen LogP contribution in [0.2, 0.25) is 0 Å². The number of ether oxygens (including phenoxy) is 1. The fourth-order valence-corrected chi connectivity index (χ4v) is 6.97. The van der Waals surface area contributed by atoms with Crippen molar-refractivity contribution in [2.45, 2.75) is 64.3 Å². The van der Waals surface area contributed by atoms with Crippen molar-refractivity contribution < 1.29 is 17.9 Å². The number of carbonyl (C=O) groups excluding carboxylic acids is 1. The minimum atomic E-state index is -4.09. The first-order chi connectivity index (χ1) is 20.1. The van der Waals surface area contributed by atoms with E-state index in [1.165, 1.54) is 12.1 Å². The van der Waals surface area contributed by atoms with E-state index < -0.39 is 10.0 Å². The van der Waals surface area contributed by atoms with Gasteiger partial charge in [0, 0.05) is 23.7 Å². The van der Waals surface area contributed by atoms with Gasteiger partial charge in [-0.15, -0.1) is 0 Å². The molecule has 2 aliphatic rings. The fourth-order valence-electron chi connectivity index (χ4n) is 5.99. The number of sulfonamides is 1. The maximum Gasteiger partial charge on any atom is 0.264 e. The molecular formula is C32H41N5O4S. The number of aromatic nitrogens is 2. The lowest BCUT2D eigenvalue weighted by Gasteiger charge is -2.34. The maximum atomic E-state index is 14.1. The molecule has 3 heterocycles. The van der Waals surface area contributed by atoms with Crippen molar-refractivity contribution in [3.8, 4) is 17.1 Å². The highest BCUT2D eigenvalue weighted by molar-refractivity contribution is 7.92. The van der Waals surface area contributed by atoms with E-state index in [1.54, 1.807) is 18.2 Å². The van der Waals surface area contributed by atoms with Crippen LogP contribution in [0.15, 0.2) is 53.4 Å². The smallest absolute Gasteiger partial charge is 0.264 e. The third-order valence-corrected chi connectivity index (χ3v) is 9.49. The van der Waals surface area contributed by atoms with Crippen molar-refractivity contribution in [3.63, 3.8) is 0 Å². The van der Waals surface area contributed by atoms with E-state index in [0.29, 0.717) is 29.6 Å². The van der Waals surface area contributed by atoms with Crippen LogP contribution >= 0.6 is 0 Å². The summed E-state index contributed by atoms with van der Waals surface area (Å²) >= 11 is 0. The largest absolute Gasteiger partial charge is 0.475 e. The lowest BCUT2D eigenvalue weighted by atomic mass is 9.93. The van der Waals surface area contributed by atoms with E-state index in [9.17, 15) is 13.2 Å². The van der Waals surface area contributed by atoms with Crippen LogP contribution in [0.3, 0.4) is 0 Å². The van der Waals surface area contributed by atoms with Gasteiger partial charge in [0.1, 0.15) is 6.61 Å². The topological polar surface area (TPSA) is 114 Å². The van der Waals surface area contributed by atoms with Crippen molar-refractivity contribution in [2.24, 2.45) is 11.8 Å². The van der Waals surface area contributed by atoms with E-state index >= 15 is 0 Å². The summed E-state index contributed by atoms with van der Waals surface area (Å²) in [6.45, 7) is 11.0. The molecule has 42 heavy (non-hydrogen) atoms. The number of nitrogens with zero attached hydrogens (tertiary/aromatic N) is 3. The number of piperidine rings is 1. The fraction of sp³-hybridized carbons (Fsp3) is 0.469. The minimum absolute atomic E-state index is 0.0187. The Balaban J connectivity index is 1.60. The van der Waals surface area contributed by atoms with Crippen molar-refractivity contribution in [3.05, 3.63) is 65.2 Å². The summed E-state index contributed by atoms with van der Waals surface area (Å²) in [5, 5.41) is 3.41. The van der Waals surface area contributed by atoms with E-state index in [1.807, 2.05) is 36.9 Å². The molecule has 0 aliphatic carbocycles. The predicted molar refractivity (Wildman–Crippen MR) is 164 cm³/mol. The Morgan fingerprint density at radius 2 is 1.74 bits per heavy atom. The molecule has 2 aliphatic heterocycles. The summed E-state index contributed by atoms with van der Waals surface area (Å²) in [6.07, 6.45) is 3.78. The predicted octanol–water partition coefficient (Wildman–Crippen LogP) is 5.20. The first-order valence-electron chi connectivity index (χ1n) is 14.8. The Morgan fingerprint density at radius 1 is 1.02 bits per heavy atom. The number of hydrogen-bond acceptors (Lipinski definition) is 7. The van der Waals surface area contributed by atoms with Gasteiger partial charge in [-0.1, -0.05) is 38.1 Å². The number of benzene rings is 2. The van der Waals surface area contributed by atoms with Crippen LogP contribution in [0.1, 0.15) is 61.0 Å². The van der Waals surface area contributed by atoms with Crippen molar-refractivity contribution >= 4 is 21.9 Å². The SMILES string of the molecule is Cc1cccc(C)c1-c1cc2nc(n1)NS(=O)(=O)c1cccc(c1)C(=O)N(CCC1CCNCC1)[C@H](CC(C)C)CO2. The van der Waals surface area contributed by atoms with Gasteiger partial charge in [0.05, 0.1) is 16.6 Å². The lowest BCUT2D eigenvalue weighted by Crippen LogP contribution is -2.46. The summed E-state index contributed by atoms with van der Waals surface area (Å²) in [5.41, 5.74) is 3.81. The molecular weight excluding hydrogens is 550 g/mol. The van der Waals surface area contributed by atoms with Gasteiger partial charge in [0.25, 0.3) is 15.9 Å². The van der Waals surface area contributed by atoms with Gasteiger partial charge in [0.15, 0.2) is 0 Å². The summed E-state index contributed by atoms with van der Waals surface area (Å²) in [6, 6.07) is 13.7. The second-order valence-corrected chi connectivity index (χ2v) is 13.6. The summed E-state index contributed by atoms with van der Waals surface area (Å²) in [5.74, 6) is 0.825. The highest BCUT2D eigenvalue weighted by atomic mass is 32.2. The second-order valence-electron chi connectivity index (χ2n) is 11.9. The van der Waals surface area contributed by atoms with Gasteiger partial charge in [-0.25, -0.2) is 18.1 Å². The third kappa shape index (κ3) is 6.93. The lowest BCUT2D eigenvalue weighted by molar-refractivity contribution is 0.0554. The molecule has 4 bridgehead atoms. The molecule has 5 rings (SSSR count). The highest BCUT2D eigenvalue weighted by Gasteiger charge is 2.30. The Morgan fingerprint density at radius 3 is 2.45 bits per heavy atom. The van der Waals surface area contributed by atoms with Gasteiger partial charge in [-0.05, 0) is 93.8 Å². The zero-order valence-electron chi connectivity index (χ0n) is 24.9. The molecule has 0 spiro atoms. The normalized spacial score (nSPS) is 19.3. The molecule has 0 radical (unpaired) electrons. The van der Waals surface area contributed by atoms with Crippen LogP contribution in [0.5, 0.6) is 5.88 Å². The number of anilines is 1. The van der Waals surface area contributed by atoms with Gasteiger partial charge >= 0.3 is 0 Å². The zero-order valence-corrected chi connectivity index (χ0v) is 25.7. The average Bonchev–Trinajstić information content (AvgIpc) is 2.95. The number of aryl methyl sites for hydroxylation is 2. The van der Waals surface area contributed by atoms with Crippen molar-refractivity contribution in [2.75, 3.05) is 31.0 Å². The second kappa shape index (κ2) is 12.8. The number of amides is 1. The molecule has 1 atom stereocenters. The van der Waals surface area contributed by atoms with Crippen LogP contribution in [0.25, 0.3) is 11.3 Å². The highest BCUT2D eigenvalue weighted by Crippen LogP contribution is 2.30. The molecule has 1 aromatic heterocycles. The summed E-state index contributed by atoms with van der Waals surface area (Å²) < 4.78 is 35.9. The molecule has 3 aromatic rings. The Hall–Kier alpha value is -3.50. The molecule has 224 valence electrons. The quantitative estimate of drug-likeness (QED) is 0.405. The molecule has 10 heteroatoms. The number of carbonyl (C=O) groups is 1. The molecule has 1 amide bonds. The average molecular weight is 592 g/mol. The van der Waals surface area contributed by atoms with E-state index in [4.69, 9.17) is 4.74 Å². The Kier molecular flexibility index (Phi) is 9.13. The van der Waals surface area contributed by atoms with Gasteiger partial charge in [0.2, 0.25) is 11.8 Å². The summed E-state index contributed by atoms with van der Waals surface area (Å²) in [7, 11) is -4.09. The van der Waals surface area contributed by atoms with E-state index in [-0.39, 0.29) is 35.3 Å². The number of nitrogens with one attached hydrogen (secondary N) is 2. The molecule has 2 aromatic carbocycles. The van der Waals surface area contributed by atoms with Crippen molar-refractivity contribution in [1.29, 1.82) is 0 Å². The van der Waals surface area contributed by atoms with Crippen LogP contribution in [0, 0.1) is 25.7 Å². The van der Waals surface area contributed by atoms with Gasteiger partial charge in [-0.3, -0.25) is 4.79 Å². The monoisotopic (exact) mass is 591 g/mol. The van der Waals surface area contributed by atoms with Crippen LogP contribution in [-0.4, -0.2) is 61.5 Å². The first-order valence-corrected chi connectivity index (χ1v) is 16.3. The van der Waals surface area contributed by atoms with E-state index in [0.717, 1.165) is 55.5 Å². The van der Waals surface area contributed by atoms with Crippen molar-refractivity contribution in [1.82, 2.24) is 20.2 Å². The van der Waals surface area contributed by atoms with Gasteiger partial charge in [-0.2, -0.15) is 4.98 Å². The van der Waals surface area contributed by atoms with Crippen LogP contribution in [0.4, 0.5) is 5.95 Å². The number of hydrogen-bond donors (Lipinski definition) is 2. The van der Waals surface area contributed by atoms with E-state index in [2.05, 4.69) is 33.9 Å². The number of rotatable bonds is 6. The first kappa shape index (κ1) is 30.0. The Bertz CT molecular complexity index is 1520. The molecule has 1 saturated heterocycles. The Labute approximate surface area is 249 Å². The molecule has 9 nitrogen and oxygen atoms in total. The standard InChI is InChI=1S/C32H41N5O4S/c1-21(2)17-26-20-41-29-19-28(30-22(3)7-5-8-23(30)4)34-32(35-29)36-42(39,40)27-10-6-9-25(18-27)31(38)37(26)16-13-24-11-14-33-15-12-24/h5-10,18-19,21,24,26,33H,11-17,20H2,1-4H3,(H,34,35,36)/t26-/m1/s1. The third-order valence-electron chi connectivity index (χ3n) is 8.16. The van der Waals surface area contributed by atoms with Crippen LogP contribution in [-0.2, 0) is 10.0 Å². The molecule has 0 saturated carbocycles. The summed E-state index contributed by atoms with van der Waals surface area (Å²) in [4.78, 5) is 25.0. The molecule has 2 N–H and O–H groups in total. The molecule has 0 unspecified atom stereocenters. The number of fused-ring (bicyclic) bond motifs is 4. The zero-order chi connectivity index (χ0) is 29.9. The minimum Gasteiger partial charge on any atom is -0.475 e. The van der Waals surface area contributed by atoms with Crippen LogP contribution < -0.4 is 14.8 Å².